The van der Waals surface area contributed by atoms with Crippen LogP contribution in [-0.2, 0) is 0 Å². The van der Waals surface area contributed by atoms with Gasteiger partial charge in [0.1, 0.15) is 11.4 Å². The van der Waals surface area contributed by atoms with Crippen molar-refractivity contribution >= 4 is 0 Å². The molecular weight excluding hydrogens is 181 g/mol. The molecule has 0 heterocycles. The van der Waals surface area contributed by atoms with Gasteiger partial charge in [-0.2, -0.15) is 0 Å². The molecule has 2 nitrogen and oxygen atoms in total. The molecule has 0 saturated heterocycles. The van der Waals surface area contributed by atoms with Gasteiger partial charge >= 0.3 is 0 Å². The second-order valence-electron chi connectivity index (χ2n) is 3.82. The van der Waals surface area contributed by atoms with Gasteiger partial charge in [0.25, 0.3) is 0 Å². The third kappa shape index (κ3) is 2.45. The van der Waals surface area contributed by atoms with Crippen LogP contribution < -0.4 is 10.5 Å². The summed E-state index contributed by atoms with van der Waals surface area (Å²) in [5, 5.41) is 0. The predicted octanol–water partition coefficient (Wildman–Crippen LogP) is 2.44. The van der Waals surface area contributed by atoms with E-state index in [4.69, 9.17) is 10.5 Å². The van der Waals surface area contributed by atoms with Crippen LogP contribution >= 0.6 is 0 Å². The second-order valence-corrected chi connectivity index (χ2v) is 3.82. The Hall–Kier alpha value is -1.09. The predicted molar refractivity (Wildman–Crippen MR) is 55.1 cm³/mol. The van der Waals surface area contributed by atoms with Crippen LogP contribution in [0.15, 0.2) is 24.3 Å². The zero-order valence-corrected chi connectivity index (χ0v) is 8.75. The van der Waals surface area contributed by atoms with Crippen molar-refractivity contribution < 1.29 is 9.13 Å². The number of methoxy groups -OCH3 is 1. The summed E-state index contributed by atoms with van der Waals surface area (Å²) in [5.74, 6) is 0.696. The Kier molecular flexibility index (Phi) is 3.11. The Labute approximate surface area is 83.9 Å². The fourth-order valence-electron chi connectivity index (χ4n) is 1.23. The lowest BCUT2D eigenvalue weighted by atomic mass is 9.94. The van der Waals surface area contributed by atoms with Gasteiger partial charge in [-0.3, -0.25) is 0 Å². The summed E-state index contributed by atoms with van der Waals surface area (Å²) in [6, 6.07) is 6.54. The lowest BCUT2D eigenvalue weighted by Crippen LogP contribution is -2.30. The first-order chi connectivity index (χ1) is 6.45. The molecule has 1 aromatic carbocycles. The molecule has 0 radical (unpaired) electrons. The molecule has 0 saturated carbocycles. The number of nitrogens with two attached hydrogens (primary N) is 1. The first-order valence-corrected chi connectivity index (χ1v) is 4.53. The highest BCUT2D eigenvalue weighted by atomic mass is 19.1. The smallest absolute Gasteiger partial charge is 0.124 e. The van der Waals surface area contributed by atoms with Crippen molar-refractivity contribution in [1.29, 1.82) is 0 Å². The van der Waals surface area contributed by atoms with Crippen LogP contribution in [0.3, 0.4) is 0 Å². The Morgan fingerprint density at radius 3 is 2.57 bits per heavy atom. The van der Waals surface area contributed by atoms with E-state index >= 15 is 0 Å². The van der Waals surface area contributed by atoms with Crippen LogP contribution in [0.4, 0.5) is 4.39 Å². The van der Waals surface area contributed by atoms with Crippen LogP contribution in [0.1, 0.15) is 25.5 Å². The fraction of sp³-hybridized carbons (Fsp3) is 0.455. The van der Waals surface area contributed by atoms with E-state index < -0.39 is 11.7 Å². The minimum atomic E-state index is -1.42. The quantitative estimate of drug-likeness (QED) is 0.807. The number of ether oxygens (including phenoxy) is 1. The molecule has 0 fully saturated rings. The van der Waals surface area contributed by atoms with Gasteiger partial charge in [-0.25, -0.2) is 4.39 Å². The minimum Gasteiger partial charge on any atom is -0.497 e. The van der Waals surface area contributed by atoms with Crippen molar-refractivity contribution in [3.8, 4) is 5.75 Å². The molecule has 0 spiro atoms. The Morgan fingerprint density at radius 1 is 1.43 bits per heavy atom. The Morgan fingerprint density at radius 2 is 2.07 bits per heavy atom. The van der Waals surface area contributed by atoms with Gasteiger partial charge in [0, 0.05) is 0 Å². The highest BCUT2D eigenvalue weighted by Crippen LogP contribution is 2.28. The van der Waals surface area contributed by atoms with Crippen LogP contribution in [0.5, 0.6) is 5.75 Å². The molecular formula is C11H16FNO. The lowest BCUT2D eigenvalue weighted by Gasteiger charge is -2.23. The van der Waals surface area contributed by atoms with E-state index in [0.29, 0.717) is 5.75 Å². The van der Waals surface area contributed by atoms with Gasteiger partial charge in [0.15, 0.2) is 0 Å². The van der Waals surface area contributed by atoms with Gasteiger partial charge in [-0.1, -0.05) is 12.1 Å². The first-order valence-electron chi connectivity index (χ1n) is 4.53. The molecule has 0 aliphatic carbocycles. The standard InChI is InChI=1S/C11H16FNO/c1-11(2,12)10(13)8-5-4-6-9(7-8)14-3/h4-7,10H,13H2,1-3H3. The van der Waals surface area contributed by atoms with Crippen molar-refractivity contribution in [3.05, 3.63) is 29.8 Å². The fourth-order valence-corrected chi connectivity index (χ4v) is 1.23. The van der Waals surface area contributed by atoms with E-state index in [2.05, 4.69) is 0 Å². The van der Waals surface area contributed by atoms with Gasteiger partial charge in [0.2, 0.25) is 0 Å². The summed E-state index contributed by atoms with van der Waals surface area (Å²) in [6.45, 7) is 2.94. The van der Waals surface area contributed by atoms with E-state index in [1.807, 2.05) is 0 Å². The SMILES string of the molecule is COc1cccc(C(N)C(C)(C)F)c1. The summed E-state index contributed by atoms with van der Waals surface area (Å²) in [6.07, 6.45) is 0. The van der Waals surface area contributed by atoms with Gasteiger partial charge in [-0.15, -0.1) is 0 Å². The van der Waals surface area contributed by atoms with Crippen molar-refractivity contribution in [2.45, 2.75) is 25.6 Å². The molecule has 1 rings (SSSR count). The van der Waals surface area contributed by atoms with Crippen LogP contribution in [0.25, 0.3) is 0 Å². The Balaban J connectivity index is 2.95. The van der Waals surface area contributed by atoms with Gasteiger partial charge in [-0.05, 0) is 31.5 Å². The number of halogens is 1. The summed E-state index contributed by atoms with van der Waals surface area (Å²) in [5.41, 5.74) is 5.09. The molecule has 3 heteroatoms. The van der Waals surface area contributed by atoms with Crippen LogP contribution in [0, 0.1) is 0 Å². The third-order valence-corrected chi connectivity index (χ3v) is 2.19. The van der Waals surface area contributed by atoms with E-state index in [1.54, 1.807) is 31.4 Å². The topological polar surface area (TPSA) is 35.2 Å². The van der Waals surface area contributed by atoms with Crippen LogP contribution in [-0.4, -0.2) is 12.8 Å². The summed E-state index contributed by atoms with van der Waals surface area (Å²) in [7, 11) is 1.57. The normalized spacial score (nSPS) is 13.8. The average molecular weight is 197 g/mol. The van der Waals surface area contributed by atoms with Crippen LogP contribution in [0.2, 0.25) is 0 Å². The molecule has 14 heavy (non-hydrogen) atoms. The van der Waals surface area contributed by atoms with E-state index in [0.717, 1.165) is 5.56 Å². The maximum atomic E-state index is 13.5. The van der Waals surface area contributed by atoms with E-state index in [9.17, 15) is 4.39 Å². The Bertz CT molecular complexity index is 306. The molecule has 1 unspecified atom stereocenters. The summed E-state index contributed by atoms with van der Waals surface area (Å²) < 4.78 is 18.6. The largest absolute Gasteiger partial charge is 0.497 e. The molecule has 0 amide bonds. The number of hydrogen-bond donors (Lipinski definition) is 1. The first kappa shape index (κ1) is 11.0. The lowest BCUT2D eigenvalue weighted by molar-refractivity contribution is 0.174. The second kappa shape index (κ2) is 3.96. The maximum absolute atomic E-state index is 13.5. The zero-order valence-electron chi connectivity index (χ0n) is 8.75. The van der Waals surface area contributed by atoms with Crippen molar-refractivity contribution in [3.63, 3.8) is 0 Å². The molecule has 78 valence electrons. The molecule has 0 aromatic heterocycles. The average Bonchev–Trinajstić information content (AvgIpc) is 2.15. The minimum absolute atomic E-state index is 0.627. The van der Waals surface area contributed by atoms with Crippen molar-refractivity contribution in [1.82, 2.24) is 0 Å². The third-order valence-electron chi connectivity index (χ3n) is 2.19. The number of alkyl halides is 1. The number of hydrogen-bond acceptors (Lipinski definition) is 2. The molecule has 0 aliphatic heterocycles. The molecule has 0 aliphatic rings. The zero-order chi connectivity index (χ0) is 10.8. The number of benzene rings is 1. The molecule has 1 atom stereocenters. The van der Waals surface area contributed by atoms with Gasteiger partial charge < -0.3 is 10.5 Å². The van der Waals surface area contributed by atoms with E-state index in [-0.39, 0.29) is 0 Å². The molecule has 1 aromatic rings. The van der Waals surface area contributed by atoms with Gasteiger partial charge in [0.05, 0.1) is 13.2 Å². The highest BCUT2D eigenvalue weighted by molar-refractivity contribution is 5.31. The van der Waals surface area contributed by atoms with Crippen molar-refractivity contribution in [2.24, 2.45) is 5.73 Å². The summed E-state index contributed by atoms with van der Waals surface area (Å²) in [4.78, 5) is 0. The van der Waals surface area contributed by atoms with E-state index in [1.165, 1.54) is 13.8 Å². The highest BCUT2D eigenvalue weighted by Gasteiger charge is 2.26. The monoisotopic (exact) mass is 197 g/mol. The number of rotatable bonds is 3. The summed E-state index contributed by atoms with van der Waals surface area (Å²) >= 11 is 0. The molecule has 2 N–H and O–H groups in total. The molecule has 0 bridgehead atoms. The van der Waals surface area contributed by atoms with Crippen molar-refractivity contribution in [2.75, 3.05) is 7.11 Å². The maximum Gasteiger partial charge on any atom is 0.124 e.